The third-order valence-electron chi connectivity index (χ3n) is 4.24. The quantitative estimate of drug-likeness (QED) is 0.819. The Morgan fingerprint density at radius 3 is 2.37 bits per heavy atom. The van der Waals surface area contributed by atoms with Gasteiger partial charge in [-0.3, -0.25) is 0 Å². The zero-order chi connectivity index (χ0) is 13.6. The van der Waals surface area contributed by atoms with Crippen molar-refractivity contribution in [3.05, 3.63) is 47.2 Å². The van der Waals surface area contributed by atoms with Gasteiger partial charge in [-0.1, -0.05) is 44.2 Å². The molecule has 0 radical (unpaired) electrons. The Labute approximate surface area is 112 Å². The maximum atomic E-state index is 6.03. The van der Waals surface area contributed by atoms with E-state index in [9.17, 15) is 0 Å². The summed E-state index contributed by atoms with van der Waals surface area (Å²) in [5.74, 6) is 1.83. The molecule has 1 aliphatic carbocycles. The molecule has 3 unspecified atom stereocenters. The molecule has 2 aromatic rings. The Hall–Kier alpha value is -2.10. The van der Waals surface area contributed by atoms with Crippen LogP contribution in [0, 0.1) is 5.92 Å². The minimum atomic E-state index is 0.249. The van der Waals surface area contributed by atoms with Crippen LogP contribution in [0.5, 0.6) is 0 Å². The number of nitrogen functional groups attached to an aromatic ring is 2. The number of anilines is 2. The molecule has 0 bridgehead atoms. The Balaban J connectivity index is 2.20. The van der Waals surface area contributed by atoms with Gasteiger partial charge in [-0.05, 0) is 17.4 Å². The van der Waals surface area contributed by atoms with Crippen LogP contribution >= 0.6 is 0 Å². The zero-order valence-corrected chi connectivity index (χ0v) is 11.2. The molecule has 3 atom stereocenters. The van der Waals surface area contributed by atoms with Crippen LogP contribution in [0.15, 0.2) is 30.3 Å². The van der Waals surface area contributed by atoms with Crippen LogP contribution in [0.1, 0.15) is 42.5 Å². The van der Waals surface area contributed by atoms with Crippen molar-refractivity contribution in [3.8, 4) is 0 Å². The van der Waals surface area contributed by atoms with E-state index in [1.807, 2.05) is 6.07 Å². The molecule has 19 heavy (non-hydrogen) atoms. The molecule has 0 fully saturated rings. The Morgan fingerprint density at radius 1 is 1.00 bits per heavy atom. The molecule has 98 valence electrons. The van der Waals surface area contributed by atoms with E-state index < -0.39 is 0 Å². The first-order valence-corrected chi connectivity index (χ1v) is 6.57. The average Bonchev–Trinajstić information content (AvgIpc) is 2.63. The van der Waals surface area contributed by atoms with Crippen molar-refractivity contribution in [3.63, 3.8) is 0 Å². The van der Waals surface area contributed by atoms with E-state index >= 15 is 0 Å². The molecule has 3 rings (SSSR count). The van der Waals surface area contributed by atoms with Crippen LogP contribution in [0.3, 0.4) is 0 Å². The lowest BCUT2D eigenvalue weighted by atomic mass is 9.85. The number of nitrogens with two attached hydrogens (primary N) is 2. The van der Waals surface area contributed by atoms with Crippen LogP contribution in [0.25, 0.3) is 0 Å². The van der Waals surface area contributed by atoms with Crippen molar-refractivity contribution in [2.45, 2.75) is 25.7 Å². The topological polar surface area (TPSA) is 77.8 Å². The predicted molar refractivity (Wildman–Crippen MR) is 76.7 cm³/mol. The predicted octanol–water partition coefficient (Wildman–Crippen LogP) is 2.53. The Kier molecular flexibility index (Phi) is 2.66. The molecule has 0 aliphatic heterocycles. The van der Waals surface area contributed by atoms with E-state index in [0.29, 0.717) is 17.7 Å². The molecule has 4 N–H and O–H groups in total. The minimum Gasteiger partial charge on any atom is -0.383 e. The number of nitrogens with zero attached hydrogens (tertiary/aromatic N) is 2. The van der Waals surface area contributed by atoms with Crippen LogP contribution in [0.4, 0.5) is 11.8 Å². The summed E-state index contributed by atoms with van der Waals surface area (Å²) in [5.41, 5.74) is 15.1. The third-order valence-corrected chi connectivity index (χ3v) is 4.24. The van der Waals surface area contributed by atoms with E-state index in [0.717, 1.165) is 11.3 Å². The molecule has 4 heteroatoms. The van der Waals surface area contributed by atoms with E-state index in [-0.39, 0.29) is 11.9 Å². The van der Waals surface area contributed by atoms with Crippen LogP contribution in [-0.4, -0.2) is 9.97 Å². The van der Waals surface area contributed by atoms with E-state index in [2.05, 4.69) is 48.1 Å². The van der Waals surface area contributed by atoms with Gasteiger partial charge in [0.05, 0.1) is 5.69 Å². The fraction of sp³-hybridized carbons (Fsp3) is 0.333. The molecule has 1 aliphatic rings. The fourth-order valence-corrected chi connectivity index (χ4v) is 3.15. The summed E-state index contributed by atoms with van der Waals surface area (Å²) >= 11 is 0. The van der Waals surface area contributed by atoms with Crippen LogP contribution < -0.4 is 11.5 Å². The smallest absolute Gasteiger partial charge is 0.222 e. The van der Waals surface area contributed by atoms with Gasteiger partial charge < -0.3 is 11.5 Å². The van der Waals surface area contributed by atoms with Gasteiger partial charge in [0.25, 0.3) is 0 Å². The lowest BCUT2D eigenvalue weighted by Crippen LogP contribution is -2.09. The molecule has 1 aromatic carbocycles. The first-order chi connectivity index (χ1) is 9.09. The highest BCUT2D eigenvalue weighted by Gasteiger charge is 2.39. The first-order valence-electron chi connectivity index (χ1n) is 6.57. The van der Waals surface area contributed by atoms with Crippen molar-refractivity contribution in [2.24, 2.45) is 5.92 Å². The summed E-state index contributed by atoms with van der Waals surface area (Å²) < 4.78 is 0. The molecule has 0 saturated carbocycles. The highest BCUT2D eigenvalue weighted by molar-refractivity contribution is 5.54. The minimum absolute atomic E-state index is 0.249. The number of hydrogen-bond donors (Lipinski definition) is 2. The van der Waals surface area contributed by atoms with Gasteiger partial charge in [-0.25, -0.2) is 4.98 Å². The van der Waals surface area contributed by atoms with Crippen molar-refractivity contribution < 1.29 is 0 Å². The number of aromatic nitrogens is 2. The van der Waals surface area contributed by atoms with Gasteiger partial charge in [0.2, 0.25) is 5.95 Å². The highest BCUT2D eigenvalue weighted by Crippen LogP contribution is 2.50. The van der Waals surface area contributed by atoms with Gasteiger partial charge in [-0.2, -0.15) is 4.98 Å². The second-order valence-corrected chi connectivity index (χ2v) is 5.30. The van der Waals surface area contributed by atoms with Gasteiger partial charge in [-0.15, -0.1) is 0 Å². The molecule has 0 amide bonds. The number of rotatable bonds is 1. The lowest BCUT2D eigenvalue weighted by Gasteiger charge is -2.18. The lowest BCUT2D eigenvalue weighted by molar-refractivity contribution is 0.481. The average molecular weight is 254 g/mol. The van der Waals surface area contributed by atoms with E-state index in [1.54, 1.807) is 0 Å². The summed E-state index contributed by atoms with van der Waals surface area (Å²) in [6.45, 7) is 4.42. The molecule has 1 heterocycles. The molecule has 1 aromatic heterocycles. The first kappa shape index (κ1) is 12.0. The largest absolute Gasteiger partial charge is 0.383 e. The van der Waals surface area contributed by atoms with Gasteiger partial charge >= 0.3 is 0 Å². The number of fused-ring (bicyclic) bond motifs is 1. The maximum absolute atomic E-state index is 6.03. The van der Waals surface area contributed by atoms with Crippen LogP contribution in [-0.2, 0) is 0 Å². The summed E-state index contributed by atoms with van der Waals surface area (Å²) in [7, 11) is 0. The molecule has 4 nitrogen and oxygen atoms in total. The zero-order valence-electron chi connectivity index (χ0n) is 11.2. The molecular weight excluding hydrogens is 236 g/mol. The maximum Gasteiger partial charge on any atom is 0.222 e. The van der Waals surface area contributed by atoms with Gasteiger partial charge in [0, 0.05) is 11.5 Å². The van der Waals surface area contributed by atoms with Crippen molar-refractivity contribution in [1.82, 2.24) is 9.97 Å². The summed E-state index contributed by atoms with van der Waals surface area (Å²) in [5, 5.41) is 0. The van der Waals surface area contributed by atoms with Crippen molar-refractivity contribution in [1.29, 1.82) is 0 Å². The van der Waals surface area contributed by atoms with E-state index in [4.69, 9.17) is 11.5 Å². The Morgan fingerprint density at radius 2 is 1.68 bits per heavy atom. The summed E-state index contributed by atoms with van der Waals surface area (Å²) in [4.78, 5) is 8.56. The van der Waals surface area contributed by atoms with E-state index in [1.165, 1.54) is 5.56 Å². The van der Waals surface area contributed by atoms with Gasteiger partial charge in [0.15, 0.2) is 0 Å². The van der Waals surface area contributed by atoms with Crippen molar-refractivity contribution >= 4 is 11.8 Å². The molecule has 0 spiro atoms. The highest BCUT2D eigenvalue weighted by atomic mass is 15.0. The fourth-order valence-electron chi connectivity index (χ4n) is 3.15. The second-order valence-electron chi connectivity index (χ2n) is 5.30. The molecule has 0 saturated heterocycles. The Bertz CT molecular complexity index is 609. The van der Waals surface area contributed by atoms with Crippen LogP contribution in [0.2, 0.25) is 0 Å². The monoisotopic (exact) mass is 254 g/mol. The summed E-state index contributed by atoms with van der Waals surface area (Å²) in [6.07, 6.45) is 0. The van der Waals surface area contributed by atoms with Gasteiger partial charge in [0.1, 0.15) is 5.82 Å². The third kappa shape index (κ3) is 1.75. The van der Waals surface area contributed by atoms with Crippen molar-refractivity contribution in [2.75, 3.05) is 11.5 Å². The SMILES string of the molecule is CC1c2c(N)nc(N)nc2C(c2ccccc2)C1C. The second kappa shape index (κ2) is 4.23. The summed E-state index contributed by atoms with van der Waals surface area (Å²) in [6, 6.07) is 10.4. The normalized spacial score (nSPS) is 25.3. The molecular formula is C15H18N4. The number of hydrogen-bond acceptors (Lipinski definition) is 4. The standard InChI is InChI=1S/C15H18N4/c1-8-9(2)12-13(18-15(17)19-14(12)16)11(8)10-6-4-3-5-7-10/h3-9,11H,1-2H3,(H4,16,17,18,19). The number of benzene rings is 1.